The topological polar surface area (TPSA) is 38.7 Å². The van der Waals surface area contributed by atoms with Crippen molar-refractivity contribution in [3.63, 3.8) is 0 Å². The van der Waals surface area contributed by atoms with Gasteiger partial charge in [0, 0.05) is 46.3 Å². The van der Waals surface area contributed by atoms with Gasteiger partial charge in [0.1, 0.15) is 0 Å². The molecular formula is C51H41N3. The van der Waals surface area contributed by atoms with Crippen molar-refractivity contribution in [3.05, 3.63) is 204 Å². The highest BCUT2D eigenvalue weighted by Crippen LogP contribution is 2.38. The Morgan fingerprint density at radius 1 is 0.685 bits per heavy atom. The third-order valence-corrected chi connectivity index (χ3v) is 11.1. The highest BCUT2D eigenvalue weighted by molar-refractivity contribution is 5.96. The fraction of sp³-hybridized carbons (Fsp3) is 0.118. The van der Waals surface area contributed by atoms with E-state index in [0.717, 1.165) is 75.9 Å². The molecule has 6 aromatic rings. The van der Waals surface area contributed by atoms with Crippen LogP contribution in [0.4, 0.5) is 0 Å². The molecule has 0 saturated carbocycles. The molecule has 0 radical (unpaired) electrons. The molecule has 2 unspecified atom stereocenters. The summed E-state index contributed by atoms with van der Waals surface area (Å²) in [6.45, 7) is 8.70. The molecule has 9 rings (SSSR count). The number of hydrogen-bond donors (Lipinski definition) is 0. The number of pyridine rings is 1. The van der Waals surface area contributed by atoms with Crippen molar-refractivity contribution in [1.29, 1.82) is 0 Å². The van der Waals surface area contributed by atoms with E-state index in [1.807, 2.05) is 18.5 Å². The van der Waals surface area contributed by atoms with E-state index in [9.17, 15) is 0 Å². The Labute approximate surface area is 317 Å². The molecule has 4 aromatic carbocycles. The van der Waals surface area contributed by atoms with Crippen LogP contribution in [-0.4, -0.2) is 15.0 Å². The predicted octanol–water partition coefficient (Wildman–Crippen LogP) is 11.0. The third-order valence-electron chi connectivity index (χ3n) is 11.1. The molecule has 0 N–H and O–H groups in total. The Morgan fingerprint density at radius 2 is 1.41 bits per heavy atom. The Bertz CT molecular complexity index is 2680. The van der Waals surface area contributed by atoms with Gasteiger partial charge in [0.15, 0.2) is 5.82 Å². The number of aromatic nitrogens is 3. The zero-order valence-corrected chi connectivity index (χ0v) is 30.3. The SMILES string of the molecule is C=CC1C=CC=CC1C(=C)C1=CC(c2cc(-c3ccc(-c4cncc5ccccc45)cc3)nc(-c3ccc(C4=c5ccccc5=CCC4)cc3)n2)=CCC1. The summed E-state index contributed by atoms with van der Waals surface area (Å²) in [7, 11) is 0. The summed E-state index contributed by atoms with van der Waals surface area (Å²) in [6.07, 6.45) is 25.5. The summed E-state index contributed by atoms with van der Waals surface area (Å²) in [5.74, 6) is 1.16. The smallest absolute Gasteiger partial charge is 0.160 e. The molecular weight excluding hydrogens is 655 g/mol. The Hall–Kier alpha value is -6.45. The summed E-state index contributed by atoms with van der Waals surface area (Å²) in [5.41, 5.74) is 12.2. The zero-order chi connectivity index (χ0) is 36.4. The molecule has 0 spiro atoms. The number of fused-ring (bicyclic) bond motifs is 2. The molecule has 0 aliphatic heterocycles. The molecule has 260 valence electrons. The number of hydrogen-bond acceptors (Lipinski definition) is 3. The molecule has 3 nitrogen and oxygen atoms in total. The summed E-state index contributed by atoms with van der Waals surface area (Å²) in [5, 5.41) is 4.97. The number of rotatable bonds is 8. The van der Waals surface area contributed by atoms with Crippen molar-refractivity contribution in [2.24, 2.45) is 11.8 Å². The van der Waals surface area contributed by atoms with Crippen LogP contribution in [0, 0.1) is 11.8 Å². The van der Waals surface area contributed by atoms with Crippen LogP contribution in [0.2, 0.25) is 0 Å². The first-order valence-corrected chi connectivity index (χ1v) is 18.9. The summed E-state index contributed by atoms with van der Waals surface area (Å²) >= 11 is 0. The normalized spacial score (nSPS) is 17.7. The van der Waals surface area contributed by atoms with Crippen LogP contribution < -0.4 is 10.4 Å². The fourth-order valence-corrected chi connectivity index (χ4v) is 8.16. The van der Waals surface area contributed by atoms with Gasteiger partial charge in [0.05, 0.1) is 11.4 Å². The Morgan fingerprint density at radius 3 is 2.28 bits per heavy atom. The molecule has 3 heteroatoms. The average molecular weight is 696 g/mol. The van der Waals surface area contributed by atoms with Crippen molar-refractivity contribution < 1.29 is 0 Å². The maximum absolute atomic E-state index is 5.25. The second kappa shape index (κ2) is 14.5. The first-order chi connectivity index (χ1) is 26.6. The molecule has 2 atom stereocenters. The van der Waals surface area contributed by atoms with Gasteiger partial charge in [-0.2, -0.15) is 0 Å². The molecule has 0 saturated heterocycles. The van der Waals surface area contributed by atoms with Crippen LogP contribution in [0.5, 0.6) is 0 Å². The average Bonchev–Trinajstić information content (AvgIpc) is 3.25. The van der Waals surface area contributed by atoms with Crippen LogP contribution >= 0.6 is 0 Å². The van der Waals surface area contributed by atoms with Crippen LogP contribution in [0.1, 0.15) is 36.9 Å². The van der Waals surface area contributed by atoms with E-state index in [0.29, 0.717) is 5.82 Å². The minimum Gasteiger partial charge on any atom is -0.263 e. The molecule has 0 bridgehead atoms. The van der Waals surface area contributed by atoms with Gasteiger partial charge < -0.3 is 0 Å². The first kappa shape index (κ1) is 33.4. The lowest BCUT2D eigenvalue weighted by atomic mass is 9.78. The molecule has 2 aromatic heterocycles. The molecule has 3 aliphatic carbocycles. The molecule has 3 aliphatic rings. The van der Waals surface area contributed by atoms with E-state index < -0.39 is 0 Å². The minimum absolute atomic E-state index is 0.204. The lowest BCUT2D eigenvalue weighted by molar-refractivity contribution is 0.634. The number of benzene rings is 4. The van der Waals surface area contributed by atoms with Crippen molar-refractivity contribution in [3.8, 4) is 33.8 Å². The molecule has 0 amide bonds. The van der Waals surface area contributed by atoms with Gasteiger partial charge in [-0.15, -0.1) is 6.58 Å². The number of nitrogens with zero attached hydrogens (tertiary/aromatic N) is 3. The van der Waals surface area contributed by atoms with Gasteiger partial charge in [-0.05, 0) is 87.1 Å². The van der Waals surface area contributed by atoms with E-state index in [1.54, 1.807) is 0 Å². The Balaban J connectivity index is 1.11. The summed E-state index contributed by atoms with van der Waals surface area (Å²) in [6, 6.07) is 36.8. The standard InChI is InChI=1S/C51H41N3/c1-3-35-12-4-7-18-44(35)34(2)41-16-10-17-42(30-41)50-31-49(39-26-22-38(23-27-39)48-33-52-32-43-14-6-9-20-47(43)48)53-51(54-50)40-28-24-37(25-29-40)46-21-11-15-36-13-5-8-19-45(36)46/h3-9,12-15,17-20,22-33,35,44H,1-2,10-11,16,21H2. The first-order valence-electron chi connectivity index (χ1n) is 18.9. The Kier molecular flexibility index (Phi) is 8.98. The molecule has 2 heterocycles. The zero-order valence-electron chi connectivity index (χ0n) is 30.3. The summed E-state index contributed by atoms with van der Waals surface area (Å²) in [4.78, 5) is 15.0. The second-order valence-corrected chi connectivity index (χ2v) is 14.3. The van der Waals surface area contributed by atoms with Gasteiger partial charge in [-0.25, -0.2) is 9.97 Å². The lowest BCUT2D eigenvalue weighted by Crippen LogP contribution is -2.29. The second-order valence-electron chi connectivity index (χ2n) is 14.3. The largest absolute Gasteiger partial charge is 0.263 e. The van der Waals surface area contributed by atoms with E-state index in [4.69, 9.17) is 9.97 Å². The van der Waals surface area contributed by atoms with Crippen LogP contribution in [0.3, 0.4) is 0 Å². The van der Waals surface area contributed by atoms with Gasteiger partial charge in [0.25, 0.3) is 0 Å². The van der Waals surface area contributed by atoms with Crippen LogP contribution in [0.25, 0.3) is 61.8 Å². The van der Waals surface area contributed by atoms with Crippen molar-refractivity contribution in [2.45, 2.75) is 25.7 Å². The molecule has 0 fully saturated rings. The fourth-order valence-electron chi connectivity index (χ4n) is 8.16. The maximum Gasteiger partial charge on any atom is 0.160 e. The van der Waals surface area contributed by atoms with Crippen molar-refractivity contribution in [1.82, 2.24) is 15.0 Å². The minimum atomic E-state index is 0.204. The monoisotopic (exact) mass is 695 g/mol. The lowest BCUT2D eigenvalue weighted by Gasteiger charge is -2.26. The van der Waals surface area contributed by atoms with Crippen molar-refractivity contribution in [2.75, 3.05) is 0 Å². The van der Waals surface area contributed by atoms with E-state index >= 15 is 0 Å². The van der Waals surface area contributed by atoms with E-state index in [-0.39, 0.29) is 11.8 Å². The van der Waals surface area contributed by atoms with Gasteiger partial charge in [-0.3, -0.25) is 4.98 Å². The number of allylic oxidation sites excluding steroid dienone is 10. The van der Waals surface area contributed by atoms with E-state index in [1.165, 1.54) is 32.5 Å². The highest BCUT2D eigenvalue weighted by atomic mass is 14.9. The van der Waals surface area contributed by atoms with Crippen LogP contribution in [-0.2, 0) is 0 Å². The highest BCUT2D eigenvalue weighted by Gasteiger charge is 2.23. The van der Waals surface area contributed by atoms with Crippen molar-refractivity contribution >= 4 is 28.0 Å². The molecule has 54 heavy (non-hydrogen) atoms. The summed E-state index contributed by atoms with van der Waals surface area (Å²) < 4.78 is 0. The third kappa shape index (κ3) is 6.43. The van der Waals surface area contributed by atoms with E-state index in [2.05, 4.69) is 164 Å². The maximum atomic E-state index is 5.25. The van der Waals surface area contributed by atoms with Gasteiger partial charge >= 0.3 is 0 Å². The predicted molar refractivity (Wildman–Crippen MR) is 225 cm³/mol. The van der Waals surface area contributed by atoms with Gasteiger partial charge in [0.2, 0.25) is 0 Å². The van der Waals surface area contributed by atoms with Gasteiger partial charge in [-0.1, -0.05) is 146 Å². The quantitative estimate of drug-likeness (QED) is 0.149. The van der Waals surface area contributed by atoms with Crippen LogP contribution in [0.15, 0.2) is 182 Å².